The molecule has 0 radical (unpaired) electrons. The van der Waals surface area contributed by atoms with E-state index in [-0.39, 0.29) is 11.8 Å². The maximum atomic E-state index is 12.9. The topological polar surface area (TPSA) is 85.7 Å². The van der Waals surface area contributed by atoms with E-state index >= 15 is 0 Å². The van der Waals surface area contributed by atoms with Crippen molar-refractivity contribution in [2.45, 2.75) is 38.6 Å². The predicted octanol–water partition coefficient (Wildman–Crippen LogP) is 3.43. The van der Waals surface area contributed by atoms with E-state index in [1.807, 2.05) is 33.7 Å². The van der Waals surface area contributed by atoms with Gasteiger partial charge in [0.15, 0.2) is 11.5 Å². The van der Waals surface area contributed by atoms with E-state index in [0.717, 1.165) is 42.8 Å². The first kappa shape index (κ1) is 23.6. The number of benzene rings is 2. The lowest BCUT2D eigenvalue weighted by Crippen LogP contribution is -2.38. The van der Waals surface area contributed by atoms with Crippen molar-refractivity contribution in [2.75, 3.05) is 33.9 Å². The van der Waals surface area contributed by atoms with Gasteiger partial charge in [-0.2, -0.15) is 0 Å². The molecule has 8 nitrogen and oxygen atoms in total. The van der Waals surface area contributed by atoms with Crippen molar-refractivity contribution >= 4 is 22.8 Å². The number of nitrogens with one attached hydrogen (secondary N) is 1. The lowest BCUT2D eigenvalue weighted by molar-refractivity contribution is -0.132. The van der Waals surface area contributed by atoms with Crippen LogP contribution >= 0.6 is 0 Å². The van der Waals surface area contributed by atoms with Gasteiger partial charge in [-0.1, -0.05) is 12.1 Å². The van der Waals surface area contributed by atoms with Crippen LogP contribution in [0.25, 0.3) is 11.0 Å². The molecule has 2 aromatic carbocycles. The number of carbonyl (C=O) groups excluding carboxylic acids is 2. The summed E-state index contributed by atoms with van der Waals surface area (Å²) in [7, 11) is 3.10. The highest BCUT2D eigenvalue weighted by molar-refractivity contribution is 5.94. The van der Waals surface area contributed by atoms with E-state index in [0.29, 0.717) is 43.0 Å². The van der Waals surface area contributed by atoms with E-state index in [9.17, 15) is 9.59 Å². The number of hydrogen-bond donors (Lipinski definition) is 1. The Hall–Kier alpha value is -3.55. The number of fused-ring (bicyclic) bond motifs is 1. The first-order valence-corrected chi connectivity index (χ1v) is 11.8. The molecule has 2 heterocycles. The van der Waals surface area contributed by atoms with Gasteiger partial charge in [-0.15, -0.1) is 0 Å². The number of para-hydroxylation sites is 2. The van der Waals surface area contributed by atoms with Gasteiger partial charge in [-0.05, 0) is 56.0 Å². The molecule has 1 aromatic heterocycles. The van der Waals surface area contributed by atoms with Crippen molar-refractivity contribution in [1.82, 2.24) is 19.8 Å². The number of hydrogen-bond acceptors (Lipinski definition) is 5. The summed E-state index contributed by atoms with van der Waals surface area (Å²) < 4.78 is 12.5. The van der Waals surface area contributed by atoms with Gasteiger partial charge < -0.3 is 24.3 Å². The Kier molecular flexibility index (Phi) is 7.67. The molecule has 0 spiro atoms. The average Bonchev–Trinajstić information content (AvgIpc) is 3.23. The van der Waals surface area contributed by atoms with Crippen LogP contribution in [0, 0.1) is 0 Å². The number of ether oxygens (including phenoxy) is 2. The molecule has 0 saturated carbocycles. The van der Waals surface area contributed by atoms with Crippen molar-refractivity contribution in [3.05, 3.63) is 53.9 Å². The standard InChI is InChI=1S/C26H32N4O4/c1-33-22-13-12-19(17-23(22)34-2)26(32)27-14-8-11-24-28-20-9-4-5-10-21(20)30(24)18-25(31)29-15-6-3-7-16-29/h4-5,9-10,12-13,17H,3,6-8,11,14-16,18H2,1-2H3,(H,27,32). The molecule has 1 saturated heterocycles. The Morgan fingerprint density at radius 2 is 1.76 bits per heavy atom. The number of amides is 2. The summed E-state index contributed by atoms with van der Waals surface area (Å²) in [5.74, 6) is 1.94. The molecule has 1 aliphatic heterocycles. The second-order valence-corrected chi connectivity index (χ2v) is 8.47. The van der Waals surface area contributed by atoms with E-state index < -0.39 is 0 Å². The van der Waals surface area contributed by atoms with Crippen LogP contribution in [0.5, 0.6) is 11.5 Å². The number of aryl methyl sites for hydroxylation is 1. The van der Waals surface area contributed by atoms with Gasteiger partial charge in [0.05, 0.1) is 25.3 Å². The van der Waals surface area contributed by atoms with E-state index in [4.69, 9.17) is 14.5 Å². The van der Waals surface area contributed by atoms with Crippen molar-refractivity contribution in [3.63, 3.8) is 0 Å². The number of carbonyl (C=O) groups is 2. The Bertz CT molecular complexity index is 1150. The maximum Gasteiger partial charge on any atom is 0.251 e. The van der Waals surface area contributed by atoms with E-state index in [2.05, 4.69) is 5.32 Å². The summed E-state index contributed by atoms with van der Waals surface area (Å²) >= 11 is 0. The largest absolute Gasteiger partial charge is 0.493 e. The Morgan fingerprint density at radius 1 is 1.00 bits per heavy atom. The number of methoxy groups -OCH3 is 2. The molecule has 0 unspecified atom stereocenters. The van der Waals surface area contributed by atoms with Gasteiger partial charge in [0.2, 0.25) is 5.91 Å². The molecule has 4 rings (SSSR count). The molecule has 8 heteroatoms. The second kappa shape index (κ2) is 11.0. The fourth-order valence-electron chi connectivity index (χ4n) is 4.40. The Balaban J connectivity index is 1.39. The summed E-state index contributed by atoms with van der Waals surface area (Å²) in [6.45, 7) is 2.47. The summed E-state index contributed by atoms with van der Waals surface area (Å²) in [5, 5.41) is 2.96. The first-order chi connectivity index (χ1) is 16.6. The zero-order chi connectivity index (χ0) is 23.9. The minimum atomic E-state index is -0.172. The molecule has 34 heavy (non-hydrogen) atoms. The van der Waals surface area contributed by atoms with Gasteiger partial charge >= 0.3 is 0 Å². The molecular weight excluding hydrogens is 432 g/mol. The Morgan fingerprint density at radius 3 is 2.53 bits per heavy atom. The summed E-state index contributed by atoms with van der Waals surface area (Å²) in [6, 6.07) is 13.0. The molecule has 3 aromatic rings. The molecule has 0 aliphatic carbocycles. The number of piperidine rings is 1. The van der Waals surface area contributed by atoms with Gasteiger partial charge in [-0.25, -0.2) is 4.98 Å². The fraction of sp³-hybridized carbons (Fsp3) is 0.423. The van der Waals surface area contributed by atoms with Gasteiger partial charge in [0.25, 0.3) is 5.91 Å². The van der Waals surface area contributed by atoms with Crippen LogP contribution < -0.4 is 14.8 Å². The van der Waals surface area contributed by atoms with Crippen LogP contribution in [0.15, 0.2) is 42.5 Å². The summed E-state index contributed by atoms with van der Waals surface area (Å²) in [6.07, 6.45) is 4.71. The highest BCUT2D eigenvalue weighted by atomic mass is 16.5. The van der Waals surface area contributed by atoms with Crippen LogP contribution in [0.1, 0.15) is 41.9 Å². The van der Waals surface area contributed by atoms with Crippen molar-refractivity contribution in [3.8, 4) is 11.5 Å². The van der Waals surface area contributed by atoms with Gasteiger partial charge in [0.1, 0.15) is 12.4 Å². The highest BCUT2D eigenvalue weighted by Gasteiger charge is 2.20. The zero-order valence-electron chi connectivity index (χ0n) is 19.9. The molecule has 1 aliphatic rings. The number of imidazole rings is 1. The average molecular weight is 465 g/mol. The summed E-state index contributed by atoms with van der Waals surface area (Å²) in [4.78, 5) is 32.3. The third kappa shape index (κ3) is 5.32. The van der Waals surface area contributed by atoms with Crippen LogP contribution in [-0.2, 0) is 17.8 Å². The number of nitrogens with zero attached hydrogens (tertiary/aromatic N) is 3. The smallest absolute Gasteiger partial charge is 0.251 e. The van der Waals surface area contributed by atoms with Crippen LogP contribution in [0.2, 0.25) is 0 Å². The molecule has 180 valence electrons. The molecule has 1 N–H and O–H groups in total. The maximum absolute atomic E-state index is 12.9. The predicted molar refractivity (Wildman–Crippen MR) is 130 cm³/mol. The normalized spacial score (nSPS) is 13.6. The molecular formula is C26H32N4O4. The van der Waals surface area contributed by atoms with Crippen molar-refractivity contribution in [1.29, 1.82) is 0 Å². The van der Waals surface area contributed by atoms with Crippen molar-refractivity contribution < 1.29 is 19.1 Å². The molecule has 2 amide bonds. The first-order valence-electron chi connectivity index (χ1n) is 11.8. The number of rotatable bonds is 9. The fourth-order valence-corrected chi connectivity index (χ4v) is 4.40. The quantitative estimate of drug-likeness (QED) is 0.491. The van der Waals surface area contributed by atoms with Gasteiger partial charge in [0, 0.05) is 31.6 Å². The van der Waals surface area contributed by atoms with Crippen LogP contribution in [0.4, 0.5) is 0 Å². The van der Waals surface area contributed by atoms with Crippen molar-refractivity contribution in [2.24, 2.45) is 0 Å². The number of likely N-dealkylation sites (tertiary alicyclic amines) is 1. The van der Waals surface area contributed by atoms with Crippen LogP contribution in [0.3, 0.4) is 0 Å². The third-order valence-corrected chi connectivity index (χ3v) is 6.24. The zero-order valence-corrected chi connectivity index (χ0v) is 19.9. The van der Waals surface area contributed by atoms with Crippen LogP contribution in [-0.4, -0.2) is 60.1 Å². The van der Waals surface area contributed by atoms with E-state index in [1.54, 1.807) is 32.4 Å². The third-order valence-electron chi connectivity index (χ3n) is 6.24. The SMILES string of the molecule is COc1ccc(C(=O)NCCCc2nc3ccccc3n2CC(=O)N2CCCCC2)cc1OC. The second-order valence-electron chi connectivity index (χ2n) is 8.47. The molecule has 0 bridgehead atoms. The van der Waals surface area contributed by atoms with Gasteiger partial charge in [-0.3, -0.25) is 9.59 Å². The molecule has 1 fully saturated rings. The molecule has 0 atom stereocenters. The lowest BCUT2D eigenvalue weighted by atomic mass is 10.1. The minimum Gasteiger partial charge on any atom is -0.493 e. The number of aromatic nitrogens is 2. The highest BCUT2D eigenvalue weighted by Crippen LogP contribution is 2.27. The minimum absolute atomic E-state index is 0.144. The van der Waals surface area contributed by atoms with E-state index in [1.165, 1.54) is 6.42 Å². The lowest BCUT2D eigenvalue weighted by Gasteiger charge is -2.27. The Labute approximate surface area is 199 Å². The monoisotopic (exact) mass is 464 g/mol. The summed E-state index contributed by atoms with van der Waals surface area (Å²) in [5.41, 5.74) is 2.37.